The van der Waals surface area contributed by atoms with Crippen LogP contribution in [0.25, 0.3) is 0 Å². The fraction of sp³-hybridized carbons (Fsp3) is 0.500. The minimum absolute atomic E-state index is 0.317. The fourth-order valence-corrected chi connectivity index (χ4v) is 0.993. The molecule has 15 heavy (non-hydrogen) atoms. The third-order valence-electron chi connectivity index (χ3n) is 2.05. The van der Waals surface area contributed by atoms with Crippen LogP contribution in [0.1, 0.15) is 26.7 Å². The van der Waals surface area contributed by atoms with Gasteiger partial charge in [-0.25, -0.2) is 0 Å². The van der Waals surface area contributed by atoms with E-state index >= 15 is 0 Å². The molecule has 0 aliphatic heterocycles. The average Bonchev–Trinajstić information content (AvgIpc) is 2.18. The van der Waals surface area contributed by atoms with Crippen LogP contribution < -0.4 is 0 Å². The summed E-state index contributed by atoms with van der Waals surface area (Å²) in [6.07, 6.45) is 4.29. The number of hydrogen-bond acceptors (Lipinski definition) is 3. The highest BCUT2D eigenvalue weighted by molar-refractivity contribution is 5.87. The van der Waals surface area contributed by atoms with E-state index in [0.717, 1.165) is 0 Å². The molecular formula is C12H18O3. The van der Waals surface area contributed by atoms with Crippen molar-refractivity contribution in [1.82, 2.24) is 0 Å². The molecule has 84 valence electrons. The van der Waals surface area contributed by atoms with E-state index in [-0.39, 0.29) is 11.8 Å². The Morgan fingerprint density at radius 2 is 1.40 bits per heavy atom. The quantitative estimate of drug-likeness (QED) is 0.384. The van der Waals surface area contributed by atoms with Gasteiger partial charge in [0, 0.05) is 0 Å². The molecule has 0 spiro atoms. The zero-order chi connectivity index (χ0) is 11.8. The molecule has 0 bridgehead atoms. The third-order valence-corrected chi connectivity index (χ3v) is 2.05. The molecular weight excluding hydrogens is 192 g/mol. The molecule has 0 heterocycles. The lowest BCUT2D eigenvalue weighted by atomic mass is 10.1. The number of esters is 2. The summed E-state index contributed by atoms with van der Waals surface area (Å²) in [5.74, 6) is -1.61. The van der Waals surface area contributed by atoms with Crippen LogP contribution >= 0.6 is 0 Å². The van der Waals surface area contributed by atoms with Gasteiger partial charge in [0.05, 0.1) is 11.8 Å². The van der Waals surface area contributed by atoms with Gasteiger partial charge in [-0.1, -0.05) is 26.0 Å². The van der Waals surface area contributed by atoms with Crippen molar-refractivity contribution in [3.63, 3.8) is 0 Å². The summed E-state index contributed by atoms with van der Waals surface area (Å²) in [6, 6.07) is 0. The van der Waals surface area contributed by atoms with Crippen molar-refractivity contribution < 1.29 is 14.3 Å². The van der Waals surface area contributed by atoms with E-state index in [2.05, 4.69) is 13.2 Å². The van der Waals surface area contributed by atoms with Crippen molar-refractivity contribution in [2.75, 3.05) is 0 Å². The third kappa shape index (κ3) is 5.15. The Morgan fingerprint density at radius 1 is 1.07 bits per heavy atom. The SMILES string of the molecule is C=CCC(C)C(=O)OC(=O)C(C)CC=C. The second kappa shape index (κ2) is 6.98. The van der Waals surface area contributed by atoms with E-state index in [4.69, 9.17) is 4.74 Å². The Labute approximate surface area is 90.8 Å². The van der Waals surface area contributed by atoms with E-state index in [1.165, 1.54) is 0 Å². The van der Waals surface area contributed by atoms with Crippen LogP contribution in [0.15, 0.2) is 25.3 Å². The van der Waals surface area contributed by atoms with Crippen molar-refractivity contribution in [3.05, 3.63) is 25.3 Å². The van der Waals surface area contributed by atoms with Crippen LogP contribution in [-0.4, -0.2) is 11.9 Å². The molecule has 3 heteroatoms. The van der Waals surface area contributed by atoms with Gasteiger partial charge in [-0.3, -0.25) is 9.59 Å². The summed E-state index contributed by atoms with van der Waals surface area (Å²) in [4.78, 5) is 22.7. The van der Waals surface area contributed by atoms with Crippen LogP contribution in [0.4, 0.5) is 0 Å². The molecule has 0 radical (unpaired) electrons. The van der Waals surface area contributed by atoms with Crippen molar-refractivity contribution in [1.29, 1.82) is 0 Å². The van der Waals surface area contributed by atoms with E-state index in [1.54, 1.807) is 26.0 Å². The highest BCUT2D eigenvalue weighted by Crippen LogP contribution is 2.09. The maximum atomic E-state index is 11.3. The van der Waals surface area contributed by atoms with Gasteiger partial charge < -0.3 is 4.74 Å². The first-order chi connectivity index (χ1) is 7.02. The Balaban J connectivity index is 4.10. The molecule has 0 aromatic rings. The minimum Gasteiger partial charge on any atom is -0.393 e. The topological polar surface area (TPSA) is 43.4 Å². The molecule has 0 saturated heterocycles. The monoisotopic (exact) mass is 210 g/mol. The first kappa shape index (κ1) is 13.6. The second-order valence-electron chi connectivity index (χ2n) is 3.59. The molecule has 2 atom stereocenters. The number of carbonyl (C=O) groups excluding carboxylic acids is 2. The van der Waals surface area contributed by atoms with Crippen LogP contribution in [0, 0.1) is 11.8 Å². The van der Waals surface area contributed by atoms with Gasteiger partial charge in [-0.05, 0) is 12.8 Å². The summed E-state index contributed by atoms with van der Waals surface area (Å²) < 4.78 is 4.71. The van der Waals surface area contributed by atoms with E-state index in [0.29, 0.717) is 12.8 Å². The normalized spacial score (nSPS) is 13.7. The van der Waals surface area contributed by atoms with Crippen LogP contribution in [0.3, 0.4) is 0 Å². The summed E-state index contributed by atoms with van der Waals surface area (Å²) in [7, 11) is 0. The predicted molar refractivity (Wildman–Crippen MR) is 59.1 cm³/mol. The van der Waals surface area contributed by atoms with Gasteiger partial charge >= 0.3 is 11.9 Å². The number of hydrogen-bond donors (Lipinski definition) is 0. The lowest BCUT2D eigenvalue weighted by Gasteiger charge is -2.10. The van der Waals surface area contributed by atoms with Crippen LogP contribution in [0.5, 0.6) is 0 Å². The maximum absolute atomic E-state index is 11.3. The zero-order valence-corrected chi connectivity index (χ0v) is 9.36. The van der Waals surface area contributed by atoms with Gasteiger partial charge in [-0.2, -0.15) is 0 Å². The summed E-state index contributed by atoms with van der Waals surface area (Å²) >= 11 is 0. The van der Waals surface area contributed by atoms with Crippen molar-refractivity contribution in [2.24, 2.45) is 11.8 Å². The molecule has 0 N–H and O–H groups in total. The van der Waals surface area contributed by atoms with Gasteiger partial charge in [0.1, 0.15) is 0 Å². The number of rotatable bonds is 6. The molecule has 2 unspecified atom stereocenters. The van der Waals surface area contributed by atoms with Crippen LogP contribution in [-0.2, 0) is 14.3 Å². The average molecular weight is 210 g/mol. The fourth-order valence-electron chi connectivity index (χ4n) is 0.993. The molecule has 0 aliphatic carbocycles. The van der Waals surface area contributed by atoms with Crippen molar-refractivity contribution in [3.8, 4) is 0 Å². The lowest BCUT2D eigenvalue weighted by Crippen LogP contribution is -2.23. The molecule has 3 nitrogen and oxygen atoms in total. The van der Waals surface area contributed by atoms with E-state index < -0.39 is 11.9 Å². The van der Waals surface area contributed by atoms with Crippen LogP contribution in [0.2, 0.25) is 0 Å². The number of carbonyl (C=O) groups is 2. The largest absolute Gasteiger partial charge is 0.393 e. The molecule has 0 fully saturated rings. The Kier molecular flexibility index (Phi) is 6.34. The minimum atomic E-state index is -0.490. The maximum Gasteiger partial charge on any atom is 0.316 e. The predicted octanol–water partition coefficient (Wildman–Crippen LogP) is 2.48. The van der Waals surface area contributed by atoms with Gasteiger partial charge in [0.25, 0.3) is 0 Å². The molecule has 0 amide bonds. The lowest BCUT2D eigenvalue weighted by molar-refractivity contribution is -0.164. The molecule has 0 saturated carbocycles. The Morgan fingerprint density at radius 3 is 1.67 bits per heavy atom. The van der Waals surface area contributed by atoms with Gasteiger partial charge in [0.15, 0.2) is 0 Å². The second-order valence-corrected chi connectivity index (χ2v) is 3.59. The zero-order valence-electron chi connectivity index (χ0n) is 9.36. The van der Waals surface area contributed by atoms with Crippen molar-refractivity contribution >= 4 is 11.9 Å². The number of ether oxygens (including phenoxy) is 1. The van der Waals surface area contributed by atoms with Gasteiger partial charge in [0.2, 0.25) is 0 Å². The first-order valence-corrected chi connectivity index (χ1v) is 5.00. The van der Waals surface area contributed by atoms with E-state index in [1.807, 2.05) is 0 Å². The number of allylic oxidation sites excluding steroid dienone is 2. The van der Waals surface area contributed by atoms with Crippen molar-refractivity contribution in [2.45, 2.75) is 26.7 Å². The smallest absolute Gasteiger partial charge is 0.316 e. The van der Waals surface area contributed by atoms with Gasteiger partial charge in [-0.15, -0.1) is 13.2 Å². The van der Waals surface area contributed by atoms with E-state index in [9.17, 15) is 9.59 Å². The highest BCUT2D eigenvalue weighted by Gasteiger charge is 2.20. The Hall–Kier alpha value is -1.38. The molecule has 0 aromatic carbocycles. The first-order valence-electron chi connectivity index (χ1n) is 5.00. The Bertz CT molecular complexity index is 230. The summed E-state index contributed by atoms with van der Waals surface area (Å²) in [5, 5.41) is 0. The summed E-state index contributed by atoms with van der Waals surface area (Å²) in [6.45, 7) is 10.4. The summed E-state index contributed by atoms with van der Waals surface area (Å²) in [5.41, 5.74) is 0. The molecule has 0 aromatic heterocycles. The molecule has 0 rings (SSSR count). The highest BCUT2D eigenvalue weighted by atomic mass is 16.6. The molecule has 0 aliphatic rings. The standard InChI is InChI=1S/C12H18O3/c1-5-7-9(3)11(13)15-12(14)10(4)8-6-2/h5-6,9-10H,1-2,7-8H2,3-4H3.